The van der Waals surface area contributed by atoms with Crippen molar-refractivity contribution in [2.24, 2.45) is 17.3 Å². The number of aryl methyl sites for hydroxylation is 1. The van der Waals surface area contributed by atoms with Gasteiger partial charge in [0, 0.05) is 17.4 Å². The molecule has 0 amide bonds. The molecule has 1 saturated carbocycles. The van der Waals surface area contributed by atoms with E-state index in [4.69, 9.17) is 4.74 Å². The highest BCUT2D eigenvalue weighted by molar-refractivity contribution is 5.53. The first-order chi connectivity index (χ1) is 9.50. The molecule has 0 saturated heterocycles. The first kappa shape index (κ1) is 13.8. The van der Waals surface area contributed by atoms with Crippen molar-refractivity contribution < 1.29 is 9.84 Å². The third-order valence-electron chi connectivity index (χ3n) is 5.60. The quantitative estimate of drug-likeness (QED) is 0.879. The number of phenolic OH excluding ortho intramolecular Hbond substituents is 1. The molecule has 0 bridgehead atoms. The van der Waals surface area contributed by atoms with Crippen molar-refractivity contribution in [2.45, 2.75) is 52.9 Å². The molecule has 1 aromatic carbocycles. The van der Waals surface area contributed by atoms with Crippen molar-refractivity contribution >= 4 is 0 Å². The summed E-state index contributed by atoms with van der Waals surface area (Å²) in [4.78, 5) is 0. The van der Waals surface area contributed by atoms with E-state index >= 15 is 0 Å². The lowest BCUT2D eigenvalue weighted by molar-refractivity contribution is -0.0851. The Morgan fingerprint density at radius 1 is 1.30 bits per heavy atom. The number of ether oxygens (including phenoxy) is 1. The number of phenols is 1. The van der Waals surface area contributed by atoms with Gasteiger partial charge in [-0.15, -0.1) is 0 Å². The predicted octanol–water partition coefficient (Wildman–Crippen LogP) is 4.50. The lowest BCUT2D eigenvalue weighted by Gasteiger charge is -2.60. The van der Waals surface area contributed by atoms with Gasteiger partial charge in [0.25, 0.3) is 0 Å². The molecule has 0 radical (unpaired) electrons. The molecule has 1 fully saturated rings. The van der Waals surface area contributed by atoms with Gasteiger partial charge >= 0.3 is 0 Å². The van der Waals surface area contributed by atoms with Crippen LogP contribution in [-0.2, 0) is 6.42 Å². The van der Waals surface area contributed by atoms with Crippen LogP contribution in [0.5, 0.6) is 11.5 Å². The molecule has 1 aromatic rings. The molecule has 2 aliphatic rings. The third kappa shape index (κ3) is 1.77. The van der Waals surface area contributed by atoms with Gasteiger partial charge in [-0.3, -0.25) is 0 Å². The van der Waals surface area contributed by atoms with Crippen LogP contribution in [0.1, 0.15) is 57.6 Å². The van der Waals surface area contributed by atoms with Gasteiger partial charge in [-0.1, -0.05) is 40.5 Å². The van der Waals surface area contributed by atoms with Crippen LogP contribution in [0.25, 0.3) is 0 Å². The number of fused-ring (bicyclic) bond motifs is 3. The molecule has 20 heavy (non-hydrogen) atoms. The van der Waals surface area contributed by atoms with Crippen molar-refractivity contribution in [3.05, 3.63) is 23.3 Å². The number of benzene rings is 1. The number of rotatable bonds is 3. The first-order valence-corrected chi connectivity index (χ1v) is 7.99. The van der Waals surface area contributed by atoms with Crippen LogP contribution in [0.4, 0.5) is 0 Å². The zero-order valence-electron chi connectivity index (χ0n) is 13.1. The van der Waals surface area contributed by atoms with Crippen LogP contribution in [0.2, 0.25) is 0 Å². The van der Waals surface area contributed by atoms with Gasteiger partial charge in [0.1, 0.15) is 11.5 Å². The summed E-state index contributed by atoms with van der Waals surface area (Å²) in [7, 11) is 0. The summed E-state index contributed by atoms with van der Waals surface area (Å²) in [5.74, 6) is 3.10. The van der Waals surface area contributed by atoms with Crippen molar-refractivity contribution in [3.8, 4) is 11.5 Å². The highest BCUT2D eigenvalue weighted by Crippen LogP contribution is 2.66. The van der Waals surface area contributed by atoms with Crippen LogP contribution >= 0.6 is 0 Å². The Morgan fingerprint density at radius 2 is 2.05 bits per heavy atom. The monoisotopic (exact) mass is 274 g/mol. The Hall–Kier alpha value is -1.18. The van der Waals surface area contributed by atoms with Gasteiger partial charge in [-0.05, 0) is 35.4 Å². The molecule has 0 spiro atoms. The second-order valence-electron chi connectivity index (χ2n) is 7.07. The van der Waals surface area contributed by atoms with Crippen LogP contribution in [0.15, 0.2) is 12.1 Å². The van der Waals surface area contributed by atoms with Crippen LogP contribution in [0, 0.1) is 17.3 Å². The zero-order chi connectivity index (χ0) is 14.5. The Morgan fingerprint density at radius 3 is 2.70 bits per heavy atom. The Kier molecular flexibility index (Phi) is 3.23. The minimum atomic E-state index is 0.266. The van der Waals surface area contributed by atoms with Crippen LogP contribution in [-0.4, -0.2) is 11.7 Å². The molecular formula is C18H26O2. The van der Waals surface area contributed by atoms with Crippen molar-refractivity contribution in [2.75, 3.05) is 6.61 Å². The average molecular weight is 274 g/mol. The highest BCUT2D eigenvalue weighted by atomic mass is 16.5. The third-order valence-corrected chi connectivity index (χ3v) is 5.60. The lowest BCUT2D eigenvalue weighted by atomic mass is 9.45. The van der Waals surface area contributed by atoms with Crippen molar-refractivity contribution in [1.29, 1.82) is 0 Å². The lowest BCUT2D eigenvalue weighted by Crippen LogP contribution is -2.55. The molecule has 1 N–H and O–H groups in total. The molecule has 0 aromatic heterocycles. The summed E-state index contributed by atoms with van der Waals surface area (Å²) in [6.45, 7) is 9.93. The molecule has 1 unspecified atom stereocenters. The molecule has 1 aliphatic heterocycles. The van der Waals surface area contributed by atoms with Gasteiger partial charge in [0.2, 0.25) is 0 Å². The highest BCUT2D eigenvalue weighted by Gasteiger charge is 2.58. The fourth-order valence-corrected chi connectivity index (χ4v) is 4.79. The largest absolute Gasteiger partial charge is 0.508 e. The van der Waals surface area contributed by atoms with E-state index in [1.54, 1.807) is 0 Å². The fourth-order valence-electron chi connectivity index (χ4n) is 4.79. The minimum Gasteiger partial charge on any atom is -0.508 e. The second-order valence-corrected chi connectivity index (χ2v) is 7.07. The average Bonchev–Trinajstić information content (AvgIpc) is 2.39. The molecule has 110 valence electrons. The minimum absolute atomic E-state index is 0.266. The Bertz CT molecular complexity index is 518. The maximum atomic E-state index is 10.5. The van der Waals surface area contributed by atoms with Crippen molar-refractivity contribution in [1.82, 2.24) is 0 Å². The van der Waals surface area contributed by atoms with Gasteiger partial charge in [0.05, 0.1) is 6.61 Å². The summed E-state index contributed by atoms with van der Waals surface area (Å²) in [6, 6.07) is 4.09. The number of hydrogen-bond donors (Lipinski definition) is 1. The number of hydrogen-bond acceptors (Lipinski definition) is 2. The van der Waals surface area contributed by atoms with E-state index in [0.717, 1.165) is 30.8 Å². The molecule has 1 heterocycles. The van der Waals surface area contributed by atoms with E-state index in [1.165, 1.54) is 12.0 Å². The summed E-state index contributed by atoms with van der Waals surface area (Å²) < 4.78 is 5.99. The van der Waals surface area contributed by atoms with Gasteiger partial charge < -0.3 is 9.84 Å². The van der Waals surface area contributed by atoms with Gasteiger partial charge in [0.15, 0.2) is 0 Å². The Balaban J connectivity index is 2.01. The summed E-state index contributed by atoms with van der Waals surface area (Å²) in [6.07, 6.45) is 3.29. The standard InChI is InChI=1S/C18H26O2/c1-5-7-11-8-14(19)16-15(9-11)20-10-12-13(6-2)18(3,4)17(12)16/h8-9,12-13,17,19H,5-7,10H2,1-4H3/t12-,13?,17+/m1/s1. The summed E-state index contributed by atoms with van der Waals surface area (Å²) in [5.41, 5.74) is 2.52. The van der Waals surface area contributed by atoms with E-state index in [-0.39, 0.29) is 5.41 Å². The molecular weight excluding hydrogens is 248 g/mol. The van der Waals surface area contributed by atoms with Gasteiger partial charge in [-0.2, -0.15) is 0 Å². The van der Waals surface area contributed by atoms with E-state index in [0.29, 0.717) is 23.5 Å². The molecule has 2 heteroatoms. The molecule has 1 aliphatic carbocycles. The van der Waals surface area contributed by atoms with E-state index in [9.17, 15) is 5.11 Å². The van der Waals surface area contributed by atoms with E-state index in [2.05, 4.69) is 33.8 Å². The summed E-state index contributed by atoms with van der Waals surface area (Å²) in [5, 5.41) is 10.5. The molecule has 2 nitrogen and oxygen atoms in total. The van der Waals surface area contributed by atoms with E-state index < -0.39 is 0 Å². The van der Waals surface area contributed by atoms with E-state index in [1.807, 2.05) is 6.07 Å². The molecule has 3 rings (SSSR count). The van der Waals surface area contributed by atoms with Crippen LogP contribution < -0.4 is 4.74 Å². The smallest absolute Gasteiger partial charge is 0.126 e. The maximum Gasteiger partial charge on any atom is 0.126 e. The number of aromatic hydroxyl groups is 1. The fraction of sp³-hybridized carbons (Fsp3) is 0.667. The predicted molar refractivity (Wildman–Crippen MR) is 81.4 cm³/mol. The summed E-state index contributed by atoms with van der Waals surface area (Å²) >= 11 is 0. The Labute approximate surface area is 122 Å². The first-order valence-electron chi connectivity index (χ1n) is 7.99. The maximum absolute atomic E-state index is 10.5. The SMILES string of the molecule is CCCc1cc(O)c2c(c1)OC[C@@H]1C(CC)C(C)(C)[C@H]21. The topological polar surface area (TPSA) is 29.5 Å². The van der Waals surface area contributed by atoms with Gasteiger partial charge in [-0.25, -0.2) is 0 Å². The van der Waals surface area contributed by atoms with Crippen LogP contribution in [0.3, 0.4) is 0 Å². The normalized spacial score (nSPS) is 29.9. The molecule has 3 atom stereocenters. The second kappa shape index (κ2) is 4.68. The zero-order valence-corrected chi connectivity index (χ0v) is 13.1. The van der Waals surface area contributed by atoms with Crippen molar-refractivity contribution in [3.63, 3.8) is 0 Å².